The molecular formula is C25H23N3O2. The Kier molecular flexibility index (Phi) is 5.70. The monoisotopic (exact) mass is 397 g/mol. The fourth-order valence-corrected chi connectivity index (χ4v) is 3.38. The molecule has 4 aromatic rings. The second kappa shape index (κ2) is 8.74. The number of hydrazone groups is 1. The molecular weight excluding hydrogens is 374 g/mol. The standard InChI is InChI=1S/C25H23N3O2/c1-3-6-18-10-12-19(13-11-18)24-15-22(21-7-4-5-8-23(21)27-24)25(29)28-26-16-20-14-9-17(2)30-20/h4-5,7-16H,3,6H2,1-2H3,(H,28,29)/b26-16+. The van der Waals surface area contributed by atoms with Gasteiger partial charge < -0.3 is 4.42 Å². The van der Waals surface area contributed by atoms with Crippen molar-refractivity contribution in [2.75, 3.05) is 0 Å². The molecule has 0 saturated carbocycles. The molecule has 0 radical (unpaired) electrons. The van der Waals surface area contributed by atoms with Gasteiger partial charge in [-0.2, -0.15) is 5.10 Å². The van der Waals surface area contributed by atoms with Crippen LogP contribution in [-0.4, -0.2) is 17.1 Å². The van der Waals surface area contributed by atoms with Crippen LogP contribution in [0.15, 0.2) is 76.2 Å². The number of para-hydroxylation sites is 1. The number of aryl methyl sites for hydroxylation is 2. The van der Waals surface area contributed by atoms with E-state index in [1.807, 2.05) is 43.3 Å². The van der Waals surface area contributed by atoms with Gasteiger partial charge in [0.25, 0.3) is 5.91 Å². The SMILES string of the molecule is CCCc1ccc(-c2cc(C(=O)N/N=C/c3ccc(C)o3)c3ccccc3n2)cc1. The maximum absolute atomic E-state index is 12.9. The topological polar surface area (TPSA) is 67.5 Å². The van der Waals surface area contributed by atoms with Gasteiger partial charge in [-0.1, -0.05) is 55.8 Å². The number of rotatable bonds is 6. The molecule has 0 aliphatic heterocycles. The van der Waals surface area contributed by atoms with Gasteiger partial charge in [0.05, 0.1) is 23.0 Å². The first-order valence-electron chi connectivity index (χ1n) is 10.0. The lowest BCUT2D eigenvalue weighted by molar-refractivity contribution is 0.0956. The number of nitrogens with one attached hydrogen (secondary N) is 1. The number of pyridine rings is 1. The normalized spacial score (nSPS) is 11.3. The van der Waals surface area contributed by atoms with E-state index in [1.54, 1.807) is 6.07 Å². The van der Waals surface area contributed by atoms with Gasteiger partial charge in [0.1, 0.15) is 11.5 Å². The van der Waals surface area contributed by atoms with Crippen LogP contribution < -0.4 is 5.43 Å². The first kappa shape index (κ1) is 19.6. The Morgan fingerprint density at radius 1 is 1.10 bits per heavy atom. The van der Waals surface area contributed by atoms with Crippen molar-refractivity contribution in [1.29, 1.82) is 0 Å². The number of fused-ring (bicyclic) bond motifs is 1. The average Bonchev–Trinajstić information content (AvgIpc) is 3.18. The molecule has 150 valence electrons. The molecule has 5 nitrogen and oxygen atoms in total. The number of hydrogen-bond acceptors (Lipinski definition) is 4. The van der Waals surface area contributed by atoms with Crippen molar-refractivity contribution in [3.8, 4) is 11.3 Å². The largest absolute Gasteiger partial charge is 0.460 e. The Morgan fingerprint density at radius 3 is 2.63 bits per heavy atom. The minimum absolute atomic E-state index is 0.294. The summed E-state index contributed by atoms with van der Waals surface area (Å²) in [5, 5.41) is 4.82. The van der Waals surface area contributed by atoms with Crippen LogP contribution in [0.4, 0.5) is 0 Å². The summed E-state index contributed by atoms with van der Waals surface area (Å²) in [4.78, 5) is 17.7. The zero-order valence-electron chi connectivity index (χ0n) is 17.1. The van der Waals surface area contributed by atoms with E-state index in [-0.39, 0.29) is 5.91 Å². The van der Waals surface area contributed by atoms with Crippen LogP contribution in [0.3, 0.4) is 0 Å². The van der Waals surface area contributed by atoms with Gasteiger partial charge in [0.2, 0.25) is 0 Å². The lowest BCUT2D eigenvalue weighted by Crippen LogP contribution is -2.18. The fourth-order valence-electron chi connectivity index (χ4n) is 3.38. The molecule has 2 aromatic carbocycles. The molecule has 0 bridgehead atoms. The zero-order chi connectivity index (χ0) is 20.9. The number of benzene rings is 2. The molecule has 0 atom stereocenters. The van der Waals surface area contributed by atoms with Crippen molar-refractivity contribution < 1.29 is 9.21 Å². The van der Waals surface area contributed by atoms with Crippen molar-refractivity contribution in [3.63, 3.8) is 0 Å². The highest BCUT2D eigenvalue weighted by Crippen LogP contribution is 2.25. The molecule has 1 amide bonds. The number of carbonyl (C=O) groups excluding carboxylic acids is 1. The van der Waals surface area contributed by atoms with Gasteiger partial charge in [-0.3, -0.25) is 4.79 Å². The van der Waals surface area contributed by atoms with Gasteiger partial charge in [0.15, 0.2) is 0 Å². The molecule has 0 fully saturated rings. The molecule has 2 aromatic heterocycles. The maximum Gasteiger partial charge on any atom is 0.272 e. The molecule has 1 N–H and O–H groups in total. The third-order valence-corrected chi connectivity index (χ3v) is 4.87. The Bertz CT molecular complexity index is 1210. The molecule has 0 aliphatic carbocycles. The fraction of sp³-hybridized carbons (Fsp3) is 0.160. The van der Waals surface area contributed by atoms with E-state index in [9.17, 15) is 4.79 Å². The predicted octanol–water partition coefficient (Wildman–Crippen LogP) is 5.52. The molecule has 30 heavy (non-hydrogen) atoms. The Morgan fingerprint density at radius 2 is 1.90 bits per heavy atom. The summed E-state index contributed by atoms with van der Waals surface area (Å²) < 4.78 is 5.43. The van der Waals surface area contributed by atoms with Crippen LogP contribution in [0.5, 0.6) is 0 Å². The Hall–Kier alpha value is -3.73. The van der Waals surface area contributed by atoms with E-state index in [1.165, 1.54) is 11.8 Å². The second-order valence-corrected chi connectivity index (χ2v) is 7.17. The number of carbonyl (C=O) groups is 1. The predicted molar refractivity (Wildman–Crippen MR) is 120 cm³/mol. The molecule has 2 heterocycles. The highest BCUT2D eigenvalue weighted by atomic mass is 16.3. The number of furan rings is 1. The smallest absolute Gasteiger partial charge is 0.272 e. The Labute approximate surface area is 175 Å². The minimum Gasteiger partial charge on any atom is -0.460 e. The van der Waals surface area contributed by atoms with Crippen LogP contribution in [-0.2, 0) is 6.42 Å². The summed E-state index contributed by atoms with van der Waals surface area (Å²) in [7, 11) is 0. The summed E-state index contributed by atoms with van der Waals surface area (Å²) in [6, 6.07) is 21.4. The summed E-state index contributed by atoms with van der Waals surface area (Å²) in [5.74, 6) is 1.08. The number of amides is 1. The third-order valence-electron chi connectivity index (χ3n) is 4.87. The maximum atomic E-state index is 12.9. The summed E-state index contributed by atoms with van der Waals surface area (Å²) in [5.41, 5.74) is 6.92. The molecule has 0 unspecified atom stereocenters. The molecule has 5 heteroatoms. The van der Waals surface area contributed by atoms with Gasteiger partial charge >= 0.3 is 0 Å². The van der Waals surface area contributed by atoms with Crippen molar-refractivity contribution in [2.24, 2.45) is 5.10 Å². The van der Waals surface area contributed by atoms with E-state index in [0.717, 1.165) is 40.8 Å². The summed E-state index contributed by atoms with van der Waals surface area (Å²) in [6.45, 7) is 4.02. The first-order chi connectivity index (χ1) is 14.6. The average molecular weight is 397 g/mol. The molecule has 4 rings (SSSR count). The quantitative estimate of drug-likeness (QED) is 0.344. The first-order valence-corrected chi connectivity index (χ1v) is 10.0. The minimum atomic E-state index is -0.294. The molecule has 0 aliphatic rings. The number of aromatic nitrogens is 1. The molecule has 0 saturated heterocycles. The highest BCUT2D eigenvalue weighted by Gasteiger charge is 2.13. The summed E-state index contributed by atoms with van der Waals surface area (Å²) >= 11 is 0. The zero-order valence-corrected chi connectivity index (χ0v) is 17.1. The van der Waals surface area contributed by atoms with E-state index in [4.69, 9.17) is 9.40 Å². The second-order valence-electron chi connectivity index (χ2n) is 7.17. The van der Waals surface area contributed by atoms with Crippen LogP contribution in [0.2, 0.25) is 0 Å². The molecule has 0 spiro atoms. The van der Waals surface area contributed by atoms with E-state index >= 15 is 0 Å². The van der Waals surface area contributed by atoms with Gasteiger partial charge in [-0.05, 0) is 43.2 Å². The number of nitrogens with zero attached hydrogens (tertiary/aromatic N) is 2. The highest BCUT2D eigenvalue weighted by molar-refractivity contribution is 6.07. The Balaban J connectivity index is 1.66. The van der Waals surface area contributed by atoms with Gasteiger partial charge in [-0.15, -0.1) is 0 Å². The number of hydrogen-bond donors (Lipinski definition) is 1. The van der Waals surface area contributed by atoms with Crippen LogP contribution in [0, 0.1) is 6.92 Å². The van der Waals surface area contributed by atoms with Gasteiger partial charge in [-0.25, -0.2) is 10.4 Å². The van der Waals surface area contributed by atoms with E-state index < -0.39 is 0 Å². The van der Waals surface area contributed by atoms with E-state index in [2.05, 4.69) is 41.7 Å². The van der Waals surface area contributed by atoms with Crippen LogP contribution in [0.25, 0.3) is 22.2 Å². The van der Waals surface area contributed by atoms with Gasteiger partial charge in [0, 0.05) is 10.9 Å². The van der Waals surface area contributed by atoms with Crippen molar-refractivity contribution in [2.45, 2.75) is 26.7 Å². The lowest BCUT2D eigenvalue weighted by atomic mass is 10.0. The van der Waals surface area contributed by atoms with Crippen LogP contribution >= 0.6 is 0 Å². The van der Waals surface area contributed by atoms with E-state index in [0.29, 0.717) is 11.3 Å². The van der Waals surface area contributed by atoms with Crippen molar-refractivity contribution in [1.82, 2.24) is 10.4 Å². The summed E-state index contributed by atoms with van der Waals surface area (Å²) in [6.07, 6.45) is 3.64. The van der Waals surface area contributed by atoms with Crippen molar-refractivity contribution in [3.05, 3.63) is 89.4 Å². The van der Waals surface area contributed by atoms with Crippen molar-refractivity contribution >= 4 is 23.0 Å². The van der Waals surface area contributed by atoms with Crippen LogP contribution in [0.1, 0.15) is 40.8 Å². The lowest BCUT2D eigenvalue weighted by Gasteiger charge is -2.09. The third kappa shape index (κ3) is 4.30.